The number of ether oxygens (including phenoxy) is 1. The van der Waals surface area contributed by atoms with Crippen molar-refractivity contribution in [2.24, 2.45) is 0 Å². The van der Waals surface area contributed by atoms with E-state index in [-0.39, 0.29) is 13.2 Å². The molecule has 1 aliphatic carbocycles. The van der Waals surface area contributed by atoms with Crippen LogP contribution in [-0.2, 0) is 6.42 Å². The van der Waals surface area contributed by atoms with Crippen molar-refractivity contribution in [2.75, 3.05) is 13.2 Å². The maximum absolute atomic E-state index is 9.21. The summed E-state index contributed by atoms with van der Waals surface area (Å²) in [6, 6.07) is 29.1. The molecule has 1 N–H and O–H groups in total. The number of hydrogen-bond donors (Lipinski definition) is 1. The van der Waals surface area contributed by atoms with Crippen LogP contribution >= 0.6 is 0 Å². The third-order valence-corrected chi connectivity index (χ3v) is 5.46. The number of fused-ring (bicyclic) bond motifs is 3. The highest BCUT2D eigenvalue weighted by Gasteiger charge is 2.21. The van der Waals surface area contributed by atoms with Crippen molar-refractivity contribution in [3.63, 3.8) is 0 Å². The molecule has 1 aliphatic rings. The van der Waals surface area contributed by atoms with Gasteiger partial charge in [-0.1, -0.05) is 78.9 Å². The molecule has 0 unspecified atom stereocenters. The van der Waals surface area contributed by atoms with E-state index in [4.69, 9.17) is 6.11 Å². The van der Waals surface area contributed by atoms with Gasteiger partial charge in [0.05, 0.1) is 7.98 Å². The van der Waals surface area contributed by atoms with Gasteiger partial charge in [-0.3, -0.25) is 0 Å². The molecule has 5 rings (SSSR count). The molecular weight excluding hydrogens is 356 g/mol. The molecule has 0 spiro atoms. The Morgan fingerprint density at radius 1 is 0.724 bits per heavy atom. The van der Waals surface area contributed by atoms with E-state index in [9.17, 15) is 5.11 Å². The molecular formula is C27H22O2. The van der Waals surface area contributed by atoms with Gasteiger partial charge < -0.3 is 9.84 Å². The number of benzene rings is 4. The van der Waals surface area contributed by atoms with E-state index < -0.39 is 0 Å². The normalized spacial score (nSPS) is 12.2. The van der Waals surface area contributed by atoms with Gasteiger partial charge in [0.25, 0.3) is 0 Å². The highest BCUT2D eigenvalue weighted by Crippen LogP contribution is 2.43. The summed E-state index contributed by atoms with van der Waals surface area (Å²) in [5.74, 6) is 0.625. The fraction of sp³-hybridized carbons (Fsp3) is 0.111. The Kier molecular flexibility index (Phi) is 4.33. The lowest BCUT2D eigenvalue weighted by molar-refractivity contribution is 0.202. The van der Waals surface area contributed by atoms with Gasteiger partial charge in [-0.2, -0.15) is 0 Å². The predicted molar refractivity (Wildman–Crippen MR) is 118 cm³/mol. The van der Waals surface area contributed by atoms with Crippen LogP contribution in [0.4, 0.5) is 0 Å². The second-order valence-electron chi connectivity index (χ2n) is 7.21. The highest BCUT2D eigenvalue weighted by atomic mass is 16.5. The minimum absolute atomic E-state index is 0.0617. The summed E-state index contributed by atoms with van der Waals surface area (Å²) in [4.78, 5) is 0. The smallest absolute Gasteiger partial charge is 0.127 e. The van der Waals surface area contributed by atoms with Crippen LogP contribution in [0.25, 0.3) is 33.4 Å². The molecule has 0 aliphatic heterocycles. The summed E-state index contributed by atoms with van der Waals surface area (Å²) in [5, 5.41) is 9.21. The third kappa shape index (κ3) is 3.22. The van der Waals surface area contributed by atoms with E-state index in [0.717, 1.165) is 28.7 Å². The van der Waals surface area contributed by atoms with Crippen LogP contribution in [0.1, 0.15) is 12.5 Å². The Morgan fingerprint density at radius 2 is 1.48 bits per heavy atom. The van der Waals surface area contributed by atoms with Crippen LogP contribution in [-0.4, -0.2) is 18.3 Å². The molecule has 0 radical (unpaired) electrons. The zero-order valence-corrected chi connectivity index (χ0v) is 16.1. The lowest BCUT2D eigenvalue weighted by Crippen LogP contribution is -2.03. The molecule has 4 aromatic carbocycles. The third-order valence-electron chi connectivity index (χ3n) is 5.46. The number of aliphatic hydroxyl groups is 1. The van der Waals surface area contributed by atoms with Gasteiger partial charge in [0.15, 0.2) is 0 Å². The summed E-state index contributed by atoms with van der Waals surface area (Å²) >= 11 is 0. The van der Waals surface area contributed by atoms with Crippen molar-refractivity contribution in [1.29, 1.82) is 0 Å². The fourth-order valence-electron chi connectivity index (χ4n) is 4.14. The van der Waals surface area contributed by atoms with E-state index in [1.807, 2.05) is 42.5 Å². The minimum atomic E-state index is -0.0617. The lowest BCUT2D eigenvalue weighted by atomic mass is 9.93. The first-order chi connectivity index (χ1) is 14.8. The molecule has 0 saturated carbocycles. The Bertz CT molecular complexity index is 1210. The Hall–Kier alpha value is -3.36. The Balaban J connectivity index is 1.69. The quantitative estimate of drug-likeness (QED) is 0.408. The van der Waals surface area contributed by atoms with E-state index >= 15 is 0 Å². The van der Waals surface area contributed by atoms with E-state index in [1.54, 1.807) is 0 Å². The van der Waals surface area contributed by atoms with Crippen molar-refractivity contribution < 1.29 is 11.2 Å². The van der Waals surface area contributed by atoms with Crippen molar-refractivity contribution in [1.82, 2.24) is 0 Å². The first-order valence-corrected chi connectivity index (χ1v) is 9.91. The average molecular weight is 379 g/mol. The standard InChI is InChI=1S/C27H22O2/c28-15-16-29-27-14-13-21(17-25(27)19-7-2-1-3-8-19)23-11-6-12-24-22-10-5-4-9-20(22)18-26(23)24/h1-14,17,28H,15-16,18H2/i17D. The molecule has 29 heavy (non-hydrogen) atoms. The monoisotopic (exact) mass is 379 g/mol. The van der Waals surface area contributed by atoms with Gasteiger partial charge >= 0.3 is 0 Å². The predicted octanol–water partition coefficient (Wildman–Crippen LogP) is 5.96. The summed E-state index contributed by atoms with van der Waals surface area (Å²) < 4.78 is 14.9. The zero-order chi connectivity index (χ0) is 20.5. The van der Waals surface area contributed by atoms with Crippen LogP contribution in [0.15, 0.2) is 91.0 Å². The molecule has 0 aromatic heterocycles. The van der Waals surface area contributed by atoms with Crippen molar-refractivity contribution in [3.05, 3.63) is 102 Å². The Morgan fingerprint density at radius 3 is 2.34 bits per heavy atom. The average Bonchev–Trinajstić information content (AvgIpc) is 3.17. The molecule has 0 amide bonds. The zero-order valence-electron chi connectivity index (χ0n) is 17.1. The summed E-state index contributed by atoms with van der Waals surface area (Å²) in [5.41, 5.74) is 8.83. The lowest BCUT2D eigenvalue weighted by Gasteiger charge is -2.15. The van der Waals surface area contributed by atoms with Crippen molar-refractivity contribution in [2.45, 2.75) is 6.42 Å². The topological polar surface area (TPSA) is 29.5 Å². The SMILES string of the molecule is [2H]c1c(-c2cccc3c2Cc2ccccc2-3)ccc(OCCO)c1-c1ccccc1. The summed E-state index contributed by atoms with van der Waals surface area (Å²) in [7, 11) is 0. The van der Waals surface area contributed by atoms with Gasteiger partial charge in [-0.25, -0.2) is 0 Å². The fourth-order valence-corrected chi connectivity index (χ4v) is 4.14. The molecule has 0 saturated heterocycles. The van der Waals surface area contributed by atoms with Crippen LogP contribution < -0.4 is 4.74 Å². The van der Waals surface area contributed by atoms with Crippen molar-refractivity contribution in [3.8, 4) is 39.1 Å². The molecule has 4 aromatic rings. The van der Waals surface area contributed by atoms with Crippen LogP contribution in [0.3, 0.4) is 0 Å². The van der Waals surface area contributed by atoms with Crippen LogP contribution in [0.2, 0.25) is 0 Å². The molecule has 2 heteroatoms. The van der Waals surface area contributed by atoms with Gasteiger partial charge in [-0.15, -0.1) is 0 Å². The van der Waals surface area contributed by atoms with Crippen LogP contribution in [0, 0.1) is 0 Å². The number of aliphatic hydroxyl groups excluding tert-OH is 1. The second kappa shape index (κ2) is 7.57. The minimum Gasteiger partial charge on any atom is -0.491 e. The van der Waals surface area contributed by atoms with Gasteiger partial charge in [-0.05, 0) is 57.5 Å². The van der Waals surface area contributed by atoms with Crippen LogP contribution in [0.5, 0.6) is 5.75 Å². The molecule has 2 nitrogen and oxygen atoms in total. The van der Waals surface area contributed by atoms with Crippen molar-refractivity contribution >= 4 is 0 Å². The first kappa shape index (κ1) is 16.6. The highest BCUT2D eigenvalue weighted by molar-refractivity contribution is 5.86. The summed E-state index contributed by atoms with van der Waals surface area (Å²) in [6.07, 6.45) is 0.880. The van der Waals surface area contributed by atoms with E-state index in [2.05, 4.69) is 42.5 Å². The van der Waals surface area contributed by atoms with E-state index in [0.29, 0.717) is 11.8 Å². The molecule has 0 heterocycles. The largest absolute Gasteiger partial charge is 0.491 e. The maximum Gasteiger partial charge on any atom is 0.127 e. The first-order valence-electron chi connectivity index (χ1n) is 10.4. The van der Waals surface area contributed by atoms with Gasteiger partial charge in [0.2, 0.25) is 0 Å². The summed E-state index contributed by atoms with van der Waals surface area (Å²) in [6.45, 7) is 0.141. The molecule has 0 fully saturated rings. The van der Waals surface area contributed by atoms with Gasteiger partial charge in [0, 0.05) is 5.56 Å². The second-order valence-corrected chi connectivity index (χ2v) is 7.21. The Labute approximate surface area is 172 Å². The molecule has 0 bridgehead atoms. The maximum atomic E-state index is 9.21. The number of rotatable bonds is 5. The van der Waals surface area contributed by atoms with Gasteiger partial charge in [0.1, 0.15) is 12.4 Å². The van der Waals surface area contributed by atoms with E-state index in [1.165, 1.54) is 22.3 Å². The number of hydrogen-bond acceptors (Lipinski definition) is 2. The molecule has 142 valence electrons. The molecule has 0 atom stereocenters.